The zero-order chi connectivity index (χ0) is 25.2. The molecule has 0 fully saturated rings. The zero-order valence-electron chi connectivity index (χ0n) is 21.8. The van der Waals surface area contributed by atoms with Crippen molar-refractivity contribution in [3.63, 3.8) is 0 Å². The van der Waals surface area contributed by atoms with E-state index >= 15 is 0 Å². The number of hydrogen-bond acceptors (Lipinski definition) is 3. The number of anilines is 1. The standard InChI is InChI=1S/C27H39NO3Si2/c1-11-20-23(16-18-32(6,7)8)28(26(30)31-5)22-15-13-12-14-21(22)25(20)24(29)17-19-33(9,10)27(2,3)4/h11-15,23-25,29H,1-10H3/b20-11+/t23-,24?,25-/m0/s1. The predicted molar refractivity (Wildman–Crippen MR) is 144 cm³/mol. The van der Waals surface area contributed by atoms with Gasteiger partial charge in [0.1, 0.15) is 28.3 Å². The van der Waals surface area contributed by atoms with Gasteiger partial charge in [0, 0.05) is 5.92 Å². The fraction of sp³-hybridized carbons (Fsp3) is 0.519. The Hall–Kier alpha value is -2.26. The highest BCUT2D eigenvalue weighted by atomic mass is 28.3. The molecule has 0 aromatic heterocycles. The molecular weight excluding hydrogens is 442 g/mol. The highest BCUT2D eigenvalue weighted by Crippen LogP contribution is 2.44. The molecule has 3 atom stereocenters. The molecule has 6 heteroatoms. The minimum absolute atomic E-state index is 0.0979. The number of rotatable bonds is 1. The molecule has 2 rings (SSSR count). The molecule has 1 aromatic carbocycles. The normalized spacial score (nSPS) is 20.7. The Balaban J connectivity index is 2.73. The molecule has 178 valence electrons. The molecule has 0 radical (unpaired) electrons. The van der Waals surface area contributed by atoms with Gasteiger partial charge in [-0.2, -0.15) is 0 Å². The Labute approximate surface area is 202 Å². The summed E-state index contributed by atoms with van der Waals surface area (Å²) in [5.74, 6) is 6.21. The molecule has 1 N–H and O–H groups in total. The van der Waals surface area contributed by atoms with Gasteiger partial charge < -0.3 is 9.84 Å². The van der Waals surface area contributed by atoms with E-state index in [1.165, 1.54) is 7.11 Å². The van der Waals surface area contributed by atoms with E-state index in [2.05, 4.69) is 76.4 Å². The molecular formula is C27H39NO3Si2. The number of amides is 1. The van der Waals surface area contributed by atoms with Gasteiger partial charge in [-0.1, -0.05) is 89.6 Å². The minimum atomic E-state index is -1.90. The lowest BCUT2D eigenvalue weighted by Gasteiger charge is -2.41. The lowest BCUT2D eigenvalue weighted by molar-refractivity contribution is 0.175. The van der Waals surface area contributed by atoms with E-state index in [9.17, 15) is 9.90 Å². The number of methoxy groups -OCH3 is 1. The number of para-hydroxylation sites is 1. The molecule has 1 aliphatic rings. The van der Waals surface area contributed by atoms with Crippen molar-refractivity contribution in [2.24, 2.45) is 0 Å². The second-order valence-corrected chi connectivity index (χ2v) is 20.9. The van der Waals surface area contributed by atoms with Crippen LogP contribution in [0.1, 0.15) is 39.2 Å². The predicted octanol–water partition coefficient (Wildman–Crippen LogP) is 5.96. The van der Waals surface area contributed by atoms with Crippen LogP contribution in [0.5, 0.6) is 0 Å². The van der Waals surface area contributed by atoms with Crippen molar-refractivity contribution in [3.05, 3.63) is 41.5 Å². The first kappa shape index (κ1) is 27.0. The van der Waals surface area contributed by atoms with Crippen molar-refractivity contribution in [2.75, 3.05) is 12.0 Å². The summed E-state index contributed by atoms with van der Waals surface area (Å²) in [6.07, 6.45) is 0.608. The Morgan fingerprint density at radius 1 is 1.15 bits per heavy atom. The van der Waals surface area contributed by atoms with Crippen LogP contribution >= 0.6 is 0 Å². The summed E-state index contributed by atoms with van der Waals surface area (Å²) in [4.78, 5) is 14.5. The first-order valence-electron chi connectivity index (χ1n) is 11.5. The summed E-state index contributed by atoms with van der Waals surface area (Å²) in [6, 6.07) is 7.15. The van der Waals surface area contributed by atoms with E-state index in [1.54, 1.807) is 4.90 Å². The highest BCUT2D eigenvalue weighted by Gasteiger charge is 2.42. The van der Waals surface area contributed by atoms with Gasteiger partial charge in [-0.25, -0.2) is 4.79 Å². The maximum atomic E-state index is 12.9. The van der Waals surface area contributed by atoms with Gasteiger partial charge in [0.25, 0.3) is 0 Å². The van der Waals surface area contributed by atoms with Crippen LogP contribution in [0.2, 0.25) is 37.8 Å². The number of fused-ring (bicyclic) bond motifs is 1. The third-order valence-corrected chi connectivity index (χ3v) is 11.9. The SMILES string of the molecule is C/C=C1/[C@H](C(O)C#C[Si](C)(C)C(C)(C)C)c2ccccc2N(C(=O)OC)[C@H]1C#C[Si](C)(C)C. The minimum Gasteiger partial charge on any atom is -0.452 e. The number of carbonyl (C=O) groups is 1. The van der Waals surface area contributed by atoms with Crippen LogP contribution in [-0.4, -0.2) is 46.6 Å². The van der Waals surface area contributed by atoms with E-state index < -0.39 is 34.4 Å². The Bertz CT molecular complexity index is 1040. The molecule has 0 saturated heterocycles. The number of aliphatic hydroxyl groups excluding tert-OH is 1. The number of allylic oxidation sites excluding steroid dienone is 1. The van der Waals surface area contributed by atoms with Crippen LogP contribution < -0.4 is 4.90 Å². The third kappa shape index (κ3) is 6.01. The topological polar surface area (TPSA) is 49.8 Å². The van der Waals surface area contributed by atoms with Crippen LogP contribution in [0.25, 0.3) is 0 Å². The second kappa shape index (κ2) is 9.93. The quantitative estimate of drug-likeness (QED) is 0.306. The summed E-state index contributed by atoms with van der Waals surface area (Å²) in [5, 5.41) is 11.5. The molecule has 0 aliphatic carbocycles. The van der Waals surface area contributed by atoms with E-state index in [4.69, 9.17) is 4.74 Å². The summed E-state index contributed by atoms with van der Waals surface area (Å²) in [6.45, 7) is 19.6. The Morgan fingerprint density at radius 3 is 2.27 bits per heavy atom. The Kier molecular flexibility index (Phi) is 8.12. The zero-order valence-corrected chi connectivity index (χ0v) is 23.8. The molecule has 0 spiro atoms. The van der Waals surface area contributed by atoms with Crippen LogP contribution in [0.15, 0.2) is 35.9 Å². The van der Waals surface area contributed by atoms with E-state index in [1.807, 2.05) is 37.3 Å². The molecule has 1 unspecified atom stereocenters. The summed E-state index contributed by atoms with van der Waals surface area (Å²) in [7, 11) is -2.22. The van der Waals surface area contributed by atoms with Crippen molar-refractivity contribution in [2.45, 2.75) is 83.5 Å². The molecule has 1 amide bonds. The van der Waals surface area contributed by atoms with Gasteiger partial charge in [-0.15, -0.1) is 11.1 Å². The van der Waals surface area contributed by atoms with Crippen molar-refractivity contribution < 1.29 is 14.6 Å². The van der Waals surface area contributed by atoms with Crippen LogP contribution in [-0.2, 0) is 4.74 Å². The average Bonchev–Trinajstić information content (AvgIpc) is 2.72. The fourth-order valence-corrected chi connectivity index (χ4v) is 5.01. The number of hydrogen-bond donors (Lipinski definition) is 1. The maximum Gasteiger partial charge on any atom is 0.415 e. The van der Waals surface area contributed by atoms with E-state index in [-0.39, 0.29) is 11.0 Å². The third-order valence-electron chi connectivity index (χ3n) is 6.48. The monoisotopic (exact) mass is 481 g/mol. The summed E-state index contributed by atoms with van der Waals surface area (Å²) >= 11 is 0. The molecule has 33 heavy (non-hydrogen) atoms. The number of carbonyl (C=O) groups excluding carboxylic acids is 1. The average molecular weight is 482 g/mol. The van der Waals surface area contributed by atoms with Gasteiger partial charge in [0.05, 0.1) is 12.8 Å². The first-order chi connectivity index (χ1) is 15.1. The largest absolute Gasteiger partial charge is 0.452 e. The fourth-order valence-electron chi connectivity index (χ4n) is 3.56. The van der Waals surface area contributed by atoms with Crippen molar-refractivity contribution in [1.29, 1.82) is 0 Å². The Morgan fingerprint density at radius 2 is 1.76 bits per heavy atom. The van der Waals surface area contributed by atoms with Gasteiger partial charge >= 0.3 is 6.09 Å². The summed E-state index contributed by atoms with van der Waals surface area (Å²) < 4.78 is 5.15. The van der Waals surface area contributed by atoms with Crippen molar-refractivity contribution in [1.82, 2.24) is 0 Å². The molecule has 1 aromatic rings. The number of aliphatic hydroxyl groups is 1. The number of ether oxygens (including phenoxy) is 1. The molecule has 0 bridgehead atoms. The van der Waals surface area contributed by atoms with Crippen LogP contribution in [0, 0.1) is 22.9 Å². The van der Waals surface area contributed by atoms with Crippen LogP contribution in [0.4, 0.5) is 10.5 Å². The molecule has 1 heterocycles. The molecule has 0 saturated carbocycles. The molecule has 1 aliphatic heterocycles. The lowest BCUT2D eigenvalue weighted by atomic mass is 9.78. The smallest absolute Gasteiger partial charge is 0.415 e. The maximum absolute atomic E-state index is 12.9. The lowest BCUT2D eigenvalue weighted by Crippen LogP contribution is -2.47. The van der Waals surface area contributed by atoms with Crippen molar-refractivity contribution in [3.8, 4) is 22.9 Å². The number of benzene rings is 1. The van der Waals surface area contributed by atoms with Gasteiger partial charge in [0.2, 0.25) is 0 Å². The van der Waals surface area contributed by atoms with Gasteiger partial charge in [0.15, 0.2) is 0 Å². The van der Waals surface area contributed by atoms with Gasteiger partial charge in [-0.3, -0.25) is 4.90 Å². The summed E-state index contributed by atoms with van der Waals surface area (Å²) in [5.41, 5.74) is 9.33. The van der Waals surface area contributed by atoms with E-state index in [0.717, 1.165) is 11.1 Å². The van der Waals surface area contributed by atoms with Gasteiger partial charge in [-0.05, 0) is 29.2 Å². The van der Waals surface area contributed by atoms with Crippen molar-refractivity contribution >= 4 is 27.9 Å². The first-order valence-corrected chi connectivity index (χ1v) is 18.0. The molecule has 4 nitrogen and oxygen atoms in total. The highest BCUT2D eigenvalue weighted by molar-refractivity contribution is 6.87. The van der Waals surface area contributed by atoms with E-state index in [0.29, 0.717) is 5.69 Å². The second-order valence-electron chi connectivity index (χ2n) is 11.2. The number of nitrogens with zero attached hydrogens (tertiary/aromatic N) is 1. The van der Waals surface area contributed by atoms with Crippen LogP contribution in [0.3, 0.4) is 0 Å².